The minimum atomic E-state index is -0.606. The van der Waals surface area contributed by atoms with Crippen molar-refractivity contribution in [2.45, 2.75) is 18.6 Å². The number of rotatable bonds is 4. The average molecular weight is 260 g/mol. The Bertz CT molecular complexity index is 276. The SMILES string of the molecule is N[C@@H](CO)C[C@H](O)c1ccc(Br)cc1. The lowest BCUT2D eigenvalue weighted by molar-refractivity contribution is 0.140. The summed E-state index contributed by atoms with van der Waals surface area (Å²) in [7, 11) is 0. The number of hydrogen-bond acceptors (Lipinski definition) is 3. The number of nitrogens with two attached hydrogens (primary N) is 1. The molecule has 1 aromatic rings. The van der Waals surface area contributed by atoms with Crippen LogP contribution in [-0.2, 0) is 0 Å². The van der Waals surface area contributed by atoms with Crippen molar-refractivity contribution in [3.8, 4) is 0 Å². The molecule has 0 radical (unpaired) electrons. The first-order chi connectivity index (χ1) is 6.63. The zero-order valence-corrected chi connectivity index (χ0v) is 9.31. The summed E-state index contributed by atoms with van der Waals surface area (Å²) in [6.07, 6.45) is -0.233. The third-order valence-electron chi connectivity index (χ3n) is 2.02. The minimum absolute atomic E-state index is 0.104. The third-order valence-corrected chi connectivity index (χ3v) is 2.54. The zero-order chi connectivity index (χ0) is 10.6. The predicted octanol–water partition coefficient (Wildman–Crippen LogP) is 1.19. The molecular formula is C10H14BrNO2. The normalized spacial score (nSPS) is 15.1. The monoisotopic (exact) mass is 259 g/mol. The van der Waals surface area contributed by atoms with Crippen molar-refractivity contribution in [1.29, 1.82) is 0 Å². The molecule has 2 atom stereocenters. The molecule has 1 aromatic carbocycles. The molecule has 0 saturated heterocycles. The lowest BCUT2D eigenvalue weighted by atomic mass is 10.0. The number of aliphatic hydroxyl groups is 2. The Morgan fingerprint density at radius 3 is 2.36 bits per heavy atom. The minimum Gasteiger partial charge on any atom is -0.395 e. The van der Waals surface area contributed by atoms with Crippen molar-refractivity contribution in [2.24, 2.45) is 5.73 Å². The third kappa shape index (κ3) is 3.38. The summed E-state index contributed by atoms with van der Waals surface area (Å²) in [5, 5.41) is 18.4. The van der Waals surface area contributed by atoms with Crippen LogP contribution in [0.25, 0.3) is 0 Å². The fourth-order valence-electron chi connectivity index (χ4n) is 1.18. The van der Waals surface area contributed by atoms with Gasteiger partial charge in [-0.3, -0.25) is 0 Å². The molecule has 0 fully saturated rings. The second-order valence-electron chi connectivity index (χ2n) is 3.25. The van der Waals surface area contributed by atoms with Gasteiger partial charge in [-0.2, -0.15) is 0 Å². The fourth-order valence-corrected chi connectivity index (χ4v) is 1.45. The van der Waals surface area contributed by atoms with Crippen LogP contribution in [0.15, 0.2) is 28.7 Å². The van der Waals surface area contributed by atoms with Crippen LogP contribution in [0.2, 0.25) is 0 Å². The van der Waals surface area contributed by atoms with Crippen molar-refractivity contribution >= 4 is 15.9 Å². The van der Waals surface area contributed by atoms with Gasteiger partial charge in [-0.05, 0) is 24.1 Å². The second kappa shape index (κ2) is 5.46. The molecule has 3 nitrogen and oxygen atoms in total. The largest absolute Gasteiger partial charge is 0.395 e. The van der Waals surface area contributed by atoms with Gasteiger partial charge in [0, 0.05) is 10.5 Å². The van der Waals surface area contributed by atoms with E-state index in [1.165, 1.54) is 0 Å². The van der Waals surface area contributed by atoms with Gasteiger partial charge in [0.05, 0.1) is 12.7 Å². The van der Waals surface area contributed by atoms with E-state index < -0.39 is 6.10 Å². The summed E-state index contributed by atoms with van der Waals surface area (Å²) in [5.41, 5.74) is 6.34. The number of aliphatic hydroxyl groups excluding tert-OH is 2. The van der Waals surface area contributed by atoms with Crippen molar-refractivity contribution in [1.82, 2.24) is 0 Å². The molecule has 0 bridgehead atoms. The van der Waals surface area contributed by atoms with Gasteiger partial charge in [0.2, 0.25) is 0 Å². The number of hydrogen-bond donors (Lipinski definition) is 3. The topological polar surface area (TPSA) is 66.5 Å². The smallest absolute Gasteiger partial charge is 0.0805 e. The summed E-state index contributed by atoms with van der Waals surface area (Å²) in [6.45, 7) is -0.104. The molecule has 0 amide bonds. The van der Waals surface area contributed by atoms with Gasteiger partial charge in [0.1, 0.15) is 0 Å². The van der Waals surface area contributed by atoms with E-state index in [2.05, 4.69) is 15.9 Å². The lowest BCUT2D eigenvalue weighted by Gasteiger charge is -2.14. The molecule has 0 aliphatic carbocycles. The van der Waals surface area contributed by atoms with Gasteiger partial charge in [-0.25, -0.2) is 0 Å². The van der Waals surface area contributed by atoms with Crippen LogP contribution in [-0.4, -0.2) is 22.9 Å². The lowest BCUT2D eigenvalue weighted by Crippen LogP contribution is -2.26. The maximum Gasteiger partial charge on any atom is 0.0805 e. The number of benzene rings is 1. The highest BCUT2D eigenvalue weighted by Crippen LogP contribution is 2.19. The summed E-state index contributed by atoms with van der Waals surface area (Å²) >= 11 is 3.31. The van der Waals surface area contributed by atoms with Crippen molar-refractivity contribution in [2.75, 3.05) is 6.61 Å². The number of halogens is 1. The first kappa shape index (κ1) is 11.7. The molecule has 4 heteroatoms. The Morgan fingerprint density at radius 2 is 1.86 bits per heavy atom. The average Bonchev–Trinajstić information content (AvgIpc) is 2.18. The molecule has 0 aliphatic rings. The van der Waals surface area contributed by atoms with Crippen molar-refractivity contribution in [3.63, 3.8) is 0 Å². The van der Waals surface area contributed by atoms with Gasteiger partial charge in [-0.15, -0.1) is 0 Å². The maximum absolute atomic E-state index is 9.71. The maximum atomic E-state index is 9.71. The quantitative estimate of drug-likeness (QED) is 0.761. The Morgan fingerprint density at radius 1 is 1.29 bits per heavy atom. The highest BCUT2D eigenvalue weighted by Gasteiger charge is 2.11. The Hall–Kier alpha value is -0.420. The first-order valence-electron chi connectivity index (χ1n) is 4.43. The van der Waals surface area contributed by atoms with Gasteiger partial charge in [0.25, 0.3) is 0 Å². The van der Waals surface area contributed by atoms with E-state index in [0.717, 1.165) is 10.0 Å². The molecule has 78 valence electrons. The molecule has 14 heavy (non-hydrogen) atoms. The van der Waals surface area contributed by atoms with Gasteiger partial charge >= 0.3 is 0 Å². The zero-order valence-electron chi connectivity index (χ0n) is 7.73. The standard InChI is InChI=1S/C10H14BrNO2/c11-8-3-1-7(2-4-8)10(14)5-9(12)6-13/h1-4,9-10,13-14H,5-6,12H2/t9-,10+/m1/s1. The molecule has 1 rings (SSSR count). The molecule has 0 aromatic heterocycles. The van der Waals surface area contributed by atoms with Gasteiger partial charge < -0.3 is 15.9 Å². The van der Waals surface area contributed by atoms with Gasteiger partial charge in [0.15, 0.2) is 0 Å². The van der Waals surface area contributed by atoms with Crippen LogP contribution < -0.4 is 5.73 Å². The highest BCUT2D eigenvalue weighted by atomic mass is 79.9. The molecule has 0 heterocycles. The van der Waals surface area contributed by atoms with E-state index in [1.54, 1.807) is 0 Å². The summed E-state index contributed by atoms with van der Waals surface area (Å²) < 4.78 is 0.972. The van der Waals surface area contributed by atoms with Crippen LogP contribution in [0, 0.1) is 0 Å². The summed E-state index contributed by atoms with van der Waals surface area (Å²) in [5.74, 6) is 0. The first-order valence-corrected chi connectivity index (χ1v) is 5.22. The van der Waals surface area contributed by atoms with E-state index in [9.17, 15) is 5.11 Å². The summed E-state index contributed by atoms with van der Waals surface area (Å²) in [6, 6.07) is 7.03. The second-order valence-corrected chi connectivity index (χ2v) is 4.16. The Labute approximate surface area is 91.7 Å². The van der Waals surface area contributed by atoms with Crippen LogP contribution >= 0.6 is 15.9 Å². The summed E-state index contributed by atoms with van der Waals surface area (Å²) in [4.78, 5) is 0. The Kier molecular flexibility index (Phi) is 4.54. The van der Waals surface area contributed by atoms with E-state index in [0.29, 0.717) is 6.42 Å². The molecule has 0 saturated carbocycles. The van der Waals surface area contributed by atoms with E-state index in [-0.39, 0.29) is 12.6 Å². The van der Waals surface area contributed by atoms with Crippen LogP contribution in [0.3, 0.4) is 0 Å². The van der Waals surface area contributed by atoms with Crippen LogP contribution in [0.4, 0.5) is 0 Å². The highest BCUT2D eigenvalue weighted by molar-refractivity contribution is 9.10. The molecule has 0 aliphatic heterocycles. The van der Waals surface area contributed by atoms with E-state index in [1.807, 2.05) is 24.3 Å². The fraction of sp³-hybridized carbons (Fsp3) is 0.400. The molecule has 0 spiro atoms. The van der Waals surface area contributed by atoms with Crippen LogP contribution in [0.5, 0.6) is 0 Å². The molecule has 4 N–H and O–H groups in total. The van der Waals surface area contributed by atoms with E-state index in [4.69, 9.17) is 10.8 Å². The van der Waals surface area contributed by atoms with Crippen LogP contribution in [0.1, 0.15) is 18.1 Å². The predicted molar refractivity (Wildman–Crippen MR) is 58.8 cm³/mol. The van der Waals surface area contributed by atoms with Crippen molar-refractivity contribution < 1.29 is 10.2 Å². The Balaban J connectivity index is 2.60. The van der Waals surface area contributed by atoms with Crippen molar-refractivity contribution in [3.05, 3.63) is 34.3 Å². The molecule has 0 unspecified atom stereocenters. The molecular weight excluding hydrogens is 246 g/mol. The van der Waals surface area contributed by atoms with E-state index >= 15 is 0 Å². The van der Waals surface area contributed by atoms with Gasteiger partial charge in [-0.1, -0.05) is 28.1 Å².